The van der Waals surface area contributed by atoms with E-state index in [0.717, 1.165) is 5.56 Å². The summed E-state index contributed by atoms with van der Waals surface area (Å²) in [5.74, 6) is 0.410. The lowest BCUT2D eigenvalue weighted by atomic mass is 10.2. The van der Waals surface area contributed by atoms with Crippen LogP contribution in [0.1, 0.15) is 6.92 Å². The van der Waals surface area contributed by atoms with Gasteiger partial charge in [-0.2, -0.15) is 4.98 Å². The van der Waals surface area contributed by atoms with Crippen molar-refractivity contribution in [2.45, 2.75) is 13.5 Å². The Labute approximate surface area is 109 Å². The maximum absolute atomic E-state index is 10.7. The molecule has 2 rings (SSSR count). The van der Waals surface area contributed by atoms with Gasteiger partial charge in [-0.25, -0.2) is 0 Å². The van der Waals surface area contributed by atoms with Crippen LogP contribution in [0.15, 0.2) is 30.3 Å². The average molecular weight is 263 g/mol. The molecule has 5 nitrogen and oxygen atoms in total. The normalized spacial score (nSPS) is 10.3. The summed E-state index contributed by atoms with van der Waals surface area (Å²) in [6.07, 6.45) is 0. The van der Waals surface area contributed by atoms with Gasteiger partial charge in [-0.3, -0.25) is 14.6 Å². The maximum atomic E-state index is 10.7. The highest BCUT2D eigenvalue weighted by Crippen LogP contribution is 2.13. The molecule has 2 aromatic rings. The third-order valence-electron chi connectivity index (χ3n) is 2.35. The van der Waals surface area contributed by atoms with Crippen molar-refractivity contribution in [1.82, 2.24) is 14.8 Å². The summed E-state index contributed by atoms with van der Waals surface area (Å²) in [7, 11) is 0. The number of carbonyl (C=O) groups is 1. The first-order chi connectivity index (χ1) is 8.66. The van der Waals surface area contributed by atoms with Gasteiger partial charge in [-0.15, -0.1) is 0 Å². The Hall–Kier alpha value is -1.95. The second kappa shape index (κ2) is 5.59. The number of esters is 1. The fourth-order valence-corrected chi connectivity index (χ4v) is 1.74. The summed E-state index contributed by atoms with van der Waals surface area (Å²) < 4.78 is 6.99. The van der Waals surface area contributed by atoms with Gasteiger partial charge in [-0.1, -0.05) is 30.3 Å². The summed E-state index contributed by atoms with van der Waals surface area (Å²) in [5, 5.41) is 3.08. The van der Waals surface area contributed by atoms with Crippen LogP contribution in [0.2, 0.25) is 0 Å². The van der Waals surface area contributed by atoms with E-state index >= 15 is 0 Å². The van der Waals surface area contributed by atoms with Crippen molar-refractivity contribution in [3.05, 3.63) is 35.1 Å². The van der Waals surface area contributed by atoms with E-state index in [2.05, 4.69) is 10.1 Å². The zero-order valence-electron chi connectivity index (χ0n) is 9.92. The van der Waals surface area contributed by atoms with E-state index < -0.39 is 0 Å². The smallest absolute Gasteiger partial charge is 0.302 e. The molecule has 1 heterocycles. The number of hydrogen-bond donors (Lipinski definition) is 1. The van der Waals surface area contributed by atoms with E-state index in [1.807, 2.05) is 30.3 Å². The summed E-state index contributed by atoms with van der Waals surface area (Å²) in [5.41, 5.74) is 0.967. The average Bonchev–Trinajstić information content (AvgIpc) is 2.72. The summed E-state index contributed by atoms with van der Waals surface area (Å²) >= 11 is 5.13. The van der Waals surface area contributed by atoms with Gasteiger partial charge >= 0.3 is 5.97 Å². The predicted octanol–water partition coefficient (Wildman–Crippen LogP) is 2.17. The van der Waals surface area contributed by atoms with Crippen LogP contribution in [0.4, 0.5) is 0 Å². The lowest BCUT2D eigenvalue weighted by Gasteiger charge is -2.02. The molecule has 6 heteroatoms. The number of rotatable bonds is 4. The number of aromatic nitrogens is 3. The first-order valence-electron chi connectivity index (χ1n) is 5.52. The first kappa shape index (κ1) is 12.5. The molecule has 0 atom stereocenters. The SMILES string of the molecule is CC(=O)OCCn1[nH]c(-c2ccccc2)nc1=S. The van der Waals surface area contributed by atoms with Gasteiger partial charge in [0.25, 0.3) is 0 Å². The molecule has 1 aromatic heterocycles. The molecule has 18 heavy (non-hydrogen) atoms. The van der Waals surface area contributed by atoms with Crippen molar-refractivity contribution in [2.75, 3.05) is 6.61 Å². The Morgan fingerprint density at radius 2 is 2.17 bits per heavy atom. The molecule has 0 saturated carbocycles. The van der Waals surface area contributed by atoms with E-state index in [4.69, 9.17) is 17.0 Å². The van der Waals surface area contributed by atoms with E-state index in [9.17, 15) is 4.79 Å². The molecular formula is C12H13N3O2S. The monoisotopic (exact) mass is 263 g/mol. The standard InChI is InChI=1S/C12H13N3O2S/c1-9(16)17-8-7-15-12(18)13-11(14-15)10-5-3-2-4-6-10/h2-6H,7-8H2,1H3,(H,13,14,18). The van der Waals surface area contributed by atoms with Crippen molar-refractivity contribution in [3.63, 3.8) is 0 Å². The van der Waals surface area contributed by atoms with Crippen LogP contribution in [-0.2, 0) is 16.1 Å². The van der Waals surface area contributed by atoms with Gasteiger partial charge in [0.05, 0.1) is 6.54 Å². The summed E-state index contributed by atoms with van der Waals surface area (Å²) in [6.45, 7) is 2.12. The van der Waals surface area contributed by atoms with Gasteiger partial charge < -0.3 is 4.74 Å². The maximum Gasteiger partial charge on any atom is 0.302 e. The topological polar surface area (TPSA) is 59.9 Å². The number of ether oxygens (including phenoxy) is 1. The molecule has 0 saturated heterocycles. The first-order valence-corrected chi connectivity index (χ1v) is 5.93. The predicted molar refractivity (Wildman–Crippen MR) is 69.5 cm³/mol. The molecule has 1 aromatic carbocycles. The second-order valence-corrected chi connectivity index (χ2v) is 4.08. The number of nitrogens with zero attached hydrogens (tertiary/aromatic N) is 2. The van der Waals surface area contributed by atoms with E-state index in [1.165, 1.54) is 6.92 Å². The van der Waals surface area contributed by atoms with Crippen LogP contribution < -0.4 is 0 Å². The summed E-state index contributed by atoms with van der Waals surface area (Å²) in [4.78, 5) is 14.9. The van der Waals surface area contributed by atoms with E-state index in [-0.39, 0.29) is 12.6 Å². The van der Waals surface area contributed by atoms with Crippen LogP contribution >= 0.6 is 12.2 Å². The van der Waals surface area contributed by atoms with Gasteiger partial charge in [0, 0.05) is 12.5 Å². The fourth-order valence-electron chi connectivity index (χ4n) is 1.51. The van der Waals surface area contributed by atoms with Crippen LogP contribution in [-0.4, -0.2) is 27.3 Å². The van der Waals surface area contributed by atoms with Crippen molar-refractivity contribution in [3.8, 4) is 11.4 Å². The quantitative estimate of drug-likeness (QED) is 0.678. The molecule has 94 valence electrons. The molecule has 0 bridgehead atoms. The molecule has 0 unspecified atom stereocenters. The lowest BCUT2D eigenvalue weighted by Crippen LogP contribution is -2.10. The van der Waals surface area contributed by atoms with Gasteiger partial charge in [-0.05, 0) is 12.2 Å². The molecule has 0 amide bonds. The highest BCUT2D eigenvalue weighted by molar-refractivity contribution is 7.71. The van der Waals surface area contributed by atoms with Gasteiger partial charge in [0.2, 0.25) is 4.77 Å². The number of carbonyl (C=O) groups excluding carboxylic acids is 1. The molecule has 0 aliphatic rings. The highest BCUT2D eigenvalue weighted by Gasteiger charge is 2.04. The van der Waals surface area contributed by atoms with E-state index in [0.29, 0.717) is 17.1 Å². The molecule has 0 aliphatic carbocycles. The largest absolute Gasteiger partial charge is 0.464 e. The van der Waals surface area contributed by atoms with Crippen molar-refractivity contribution >= 4 is 18.2 Å². The Morgan fingerprint density at radius 3 is 2.83 bits per heavy atom. The zero-order chi connectivity index (χ0) is 13.0. The number of hydrogen-bond acceptors (Lipinski definition) is 4. The van der Waals surface area contributed by atoms with Gasteiger partial charge in [0.15, 0.2) is 5.82 Å². The second-order valence-electron chi connectivity index (χ2n) is 3.71. The number of aromatic amines is 1. The Balaban J connectivity index is 2.13. The van der Waals surface area contributed by atoms with Crippen LogP contribution in [0.5, 0.6) is 0 Å². The lowest BCUT2D eigenvalue weighted by molar-refractivity contribution is -0.141. The zero-order valence-corrected chi connectivity index (χ0v) is 10.7. The minimum Gasteiger partial charge on any atom is -0.464 e. The summed E-state index contributed by atoms with van der Waals surface area (Å²) in [6, 6.07) is 9.71. The number of benzene rings is 1. The molecule has 0 fully saturated rings. The fraction of sp³-hybridized carbons (Fsp3) is 0.250. The Kier molecular flexibility index (Phi) is 3.88. The van der Waals surface area contributed by atoms with Crippen molar-refractivity contribution in [1.29, 1.82) is 0 Å². The van der Waals surface area contributed by atoms with Gasteiger partial charge in [0.1, 0.15) is 6.61 Å². The number of nitrogens with one attached hydrogen (secondary N) is 1. The Morgan fingerprint density at radius 1 is 1.44 bits per heavy atom. The van der Waals surface area contributed by atoms with Crippen molar-refractivity contribution in [2.24, 2.45) is 0 Å². The molecule has 1 N–H and O–H groups in total. The number of H-pyrrole nitrogens is 1. The van der Waals surface area contributed by atoms with Crippen LogP contribution in [0, 0.1) is 4.77 Å². The highest BCUT2D eigenvalue weighted by atomic mass is 32.1. The van der Waals surface area contributed by atoms with Crippen LogP contribution in [0.3, 0.4) is 0 Å². The third kappa shape index (κ3) is 3.04. The molecular weight excluding hydrogens is 250 g/mol. The van der Waals surface area contributed by atoms with Crippen molar-refractivity contribution < 1.29 is 9.53 Å². The third-order valence-corrected chi connectivity index (χ3v) is 2.66. The van der Waals surface area contributed by atoms with E-state index in [1.54, 1.807) is 4.68 Å². The Bertz CT molecular complexity index is 589. The molecule has 0 radical (unpaired) electrons. The minimum absolute atomic E-state index is 0.278. The molecule has 0 spiro atoms. The van der Waals surface area contributed by atoms with Crippen LogP contribution in [0.25, 0.3) is 11.4 Å². The molecule has 0 aliphatic heterocycles. The minimum atomic E-state index is -0.302.